The lowest BCUT2D eigenvalue weighted by Crippen LogP contribution is -2.42. The molecular formula is C16H24N2O2. The van der Waals surface area contributed by atoms with Crippen LogP contribution >= 0.6 is 0 Å². The Labute approximate surface area is 121 Å². The Balaban J connectivity index is 1.77. The SMILES string of the molecule is CC(C)(C)C(=O)ON1CCC(Nc2ccccc2)CC1. The third kappa shape index (κ3) is 4.23. The summed E-state index contributed by atoms with van der Waals surface area (Å²) >= 11 is 0. The molecule has 1 fully saturated rings. The summed E-state index contributed by atoms with van der Waals surface area (Å²) in [6.07, 6.45) is 1.96. The minimum atomic E-state index is -0.445. The first-order valence-corrected chi connectivity index (χ1v) is 7.24. The van der Waals surface area contributed by atoms with Gasteiger partial charge in [0.1, 0.15) is 0 Å². The molecule has 4 nitrogen and oxygen atoms in total. The van der Waals surface area contributed by atoms with Crippen molar-refractivity contribution in [1.29, 1.82) is 0 Å². The average Bonchev–Trinajstić information content (AvgIpc) is 2.41. The molecule has 20 heavy (non-hydrogen) atoms. The normalized spacial score (nSPS) is 17.8. The van der Waals surface area contributed by atoms with E-state index in [2.05, 4.69) is 17.4 Å². The number of nitrogens with one attached hydrogen (secondary N) is 1. The molecule has 1 N–H and O–H groups in total. The standard InChI is InChI=1S/C16H24N2O2/c1-16(2,3)15(19)20-18-11-9-14(10-12-18)17-13-7-5-4-6-8-13/h4-8,14,17H,9-12H2,1-3H3. The molecule has 0 atom stereocenters. The molecule has 0 aliphatic carbocycles. The molecule has 0 spiro atoms. The van der Waals surface area contributed by atoms with Gasteiger partial charge >= 0.3 is 5.97 Å². The number of piperidine rings is 1. The quantitative estimate of drug-likeness (QED) is 0.921. The second-order valence-corrected chi connectivity index (χ2v) is 6.34. The monoisotopic (exact) mass is 276 g/mol. The second-order valence-electron chi connectivity index (χ2n) is 6.34. The molecule has 1 saturated heterocycles. The van der Waals surface area contributed by atoms with Gasteiger partial charge in [-0.1, -0.05) is 18.2 Å². The summed E-state index contributed by atoms with van der Waals surface area (Å²) < 4.78 is 0. The number of benzene rings is 1. The van der Waals surface area contributed by atoms with Crippen molar-refractivity contribution in [2.75, 3.05) is 18.4 Å². The Morgan fingerprint density at radius 3 is 2.35 bits per heavy atom. The molecule has 4 heteroatoms. The lowest BCUT2D eigenvalue weighted by Gasteiger charge is -2.32. The van der Waals surface area contributed by atoms with E-state index in [9.17, 15) is 4.79 Å². The summed E-state index contributed by atoms with van der Waals surface area (Å²) in [5.74, 6) is -0.160. The largest absolute Gasteiger partial charge is 0.382 e. The zero-order valence-electron chi connectivity index (χ0n) is 12.6. The Bertz CT molecular complexity index is 432. The molecule has 0 radical (unpaired) electrons. The van der Waals surface area contributed by atoms with E-state index in [0.717, 1.165) is 31.6 Å². The van der Waals surface area contributed by atoms with Crippen molar-refractivity contribution in [1.82, 2.24) is 5.06 Å². The van der Waals surface area contributed by atoms with Crippen LogP contribution in [-0.4, -0.2) is 30.2 Å². The minimum absolute atomic E-state index is 0.160. The molecule has 1 aromatic carbocycles. The highest BCUT2D eigenvalue weighted by Crippen LogP contribution is 2.20. The Hall–Kier alpha value is -1.55. The maximum Gasteiger partial charge on any atom is 0.330 e. The van der Waals surface area contributed by atoms with Crippen LogP contribution in [0.15, 0.2) is 30.3 Å². The predicted molar refractivity (Wildman–Crippen MR) is 80.2 cm³/mol. The molecule has 1 aromatic rings. The fraction of sp³-hybridized carbons (Fsp3) is 0.562. The van der Waals surface area contributed by atoms with Gasteiger partial charge in [0.25, 0.3) is 0 Å². The van der Waals surface area contributed by atoms with Crippen LogP contribution in [0.25, 0.3) is 0 Å². The lowest BCUT2D eigenvalue weighted by molar-refractivity contribution is -0.204. The summed E-state index contributed by atoms with van der Waals surface area (Å²) in [6, 6.07) is 10.7. The number of para-hydroxylation sites is 1. The van der Waals surface area contributed by atoms with E-state index in [1.54, 1.807) is 5.06 Å². The Morgan fingerprint density at radius 1 is 1.20 bits per heavy atom. The van der Waals surface area contributed by atoms with E-state index in [1.165, 1.54) is 0 Å². The third-order valence-corrected chi connectivity index (χ3v) is 3.42. The smallest absolute Gasteiger partial charge is 0.330 e. The highest BCUT2D eigenvalue weighted by molar-refractivity contribution is 5.75. The van der Waals surface area contributed by atoms with Gasteiger partial charge in [-0.2, -0.15) is 0 Å². The van der Waals surface area contributed by atoms with Crippen LogP contribution < -0.4 is 5.32 Å². The fourth-order valence-corrected chi connectivity index (χ4v) is 2.12. The van der Waals surface area contributed by atoms with Crippen molar-refractivity contribution >= 4 is 11.7 Å². The summed E-state index contributed by atoms with van der Waals surface area (Å²) in [5.41, 5.74) is 0.705. The number of nitrogens with zero attached hydrogens (tertiary/aromatic N) is 1. The van der Waals surface area contributed by atoms with Gasteiger partial charge in [-0.3, -0.25) is 0 Å². The van der Waals surface area contributed by atoms with Gasteiger partial charge in [-0.25, -0.2) is 4.79 Å². The second kappa shape index (κ2) is 6.27. The van der Waals surface area contributed by atoms with Crippen LogP contribution in [0.2, 0.25) is 0 Å². The van der Waals surface area contributed by atoms with Gasteiger partial charge < -0.3 is 10.2 Å². The molecule has 0 bridgehead atoms. The number of carbonyl (C=O) groups is 1. The molecule has 1 aliphatic rings. The van der Waals surface area contributed by atoms with Crippen molar-refractivity contribution in [3.05, 3.63) is 30.3 Å². The Morgan fingerprint density at radius 2 is 1.80 bits per heavy atom. The van der Waals surface area contributed by atoms with Crippen molar-refractivity contribution in [3.63, 3.8) is 0 Å². The first-order chi connectivity index (χ1) is 9.45. The van der Waals surface area contributed by atoms with Gasteiger partial charge in [0.15, 0.2) is 0 Å². The highest BCUT2D eigenvalue weighted by Gasteiger charge is 2.28. The van der Waals surface area contributed by atoms with E-state index >= 15 is 0 Å². The van der Waals surface area contributed by atoms with Crippen LogP contribution in [0.1, 0.15) is 33.6 Å². The summed E-state index contributed by atoms with van der Waals surface area (Å²) in [4.78, 5) is 17.2. The average molecular weight is 276 g/mol. The molecule has 0 unspecified atom stereocenters. The minimum Gasteiger partial charge on any atom is -0.382 e. The van der Waals surface area contributed by atoms with Crippen LogP contribution in [0, 0.1) is 5.41 Å². The van der Waals surface area contributed by atoms with Gasteiger partial charge in [0.2, 0.25) is 0 Å². The van der Waals surface area contributed by atoms with Crippen molar-refractivity contribution in [2.45, 2.75) is 39.7 Å². The highest BCUT2D eigenvalue weighted by atomic mass is 16.7. The number of carbonyl (C=O) groups excluding carboxylic acids is 1. The molecule has 1 heterocycles. The Kier molecular flexibility index (Phi) is 4.65. The van der Waals surface area contributed by atoms with E-state index in [1.807, 2.05) is 39.0 Å². The predicted octanol–water partition coefficient (Wildman–Crippen LogP) is 3.07. The van der Waals surface area contributed by atoms with Crippen LogP contribution in [0.4, 0.5) is 5.69 Å². The van der Waals surface area contributed by atoms with Gasteiger partial charge in [-0.15, -0.1) is 5.06 Å². The molecule has 0 saturated carbocycles. The zero-order valence-corrected chi connectivity index (χ0v) is 12.6. The molecule has 0 amide bonds. The van der Waals surface area contributed by atoms with Crippen molar-refractivity contribution < 1.29 is 9.63 Å². The fourth-order valence-electron chi connectivity index (χ4n) is 2.12. The summed E-state index contributed by atoms with van der Waals surface area (Å²) in [6.45, 7) is 7.19. The zero-order chi connectivity index (χ0) is 14.6. The molecule has 0 aromatic heterocycles. The summed E-state index contributed by atoms with van der Waals surface area (Å²) in [7, 11) is 0. The maximum atomic E-state index is 11.8. The molecule has 2 rings (SSSR count). The van der Waals surface area contributed by atoms with E-state index in [-0.39, 0.29) is 5.97 Å². The van der Waals surface area contributed by atoms with E-state index in [0.29, 0.717) is 6.04 Å². The van der Waals surface area contributed by atoms with Crippen LogP contribution in [-0.2, 0) is 9.63 Å². The van der Waals surface area contributed by atoms with Gasteiger partial charge in [-0.05, 0) is 45.7 Å². The first kappa shape index (κ1) is 14.9. The third-order valence-electron chi connectivity index (χ3n) is 3.42. The van der Waals surface area contributed by atoms with Crippen LogP contribution in [0.5, 0.6) is 0 Å². The molecule has 110 valence electrons. The van der Waals surface area contributed by atoms with E-state index < -0.39 is 5.41 Å². The maximum absolute atomic E-state index is 11.8. The van der Waals surface area contributed by atoms with E-state index in [4.69, 9.17) is 4.84 Å². The number of hydrogen-bond donors (Lipinski definition) is 1. The number of hydrogen-bond acceptors (Lipinski definition) is 4. The first-order valence-electron chi connectivity index (χ1n) is 7.24. The number of rotatable bonds is 3. The van der Waals surface area contributed by atoms with Gasteiger partial charge in [0, 0.05) is 24.8 Å². The van der Waals surface area contributed by atoms with Gasteiger partial charge in [0.05, 0.1) is 5.41 Å². The molecule has 1 aliphatic heterocycles. The lowest BCUT2D eigenvalue weighted by atomic mass is 9.98. The molecular weight excluding hydrogens is 252 g/mol. The number of hydroxylamine groups is 2. The summed E-state index contributed by atoms with van der Waals surface area (Å²) in [5, 5.41) is 5.31. The van der Waals surface area contributed by atoms with Crippen molar-refractivity contribution in [2.24, 2.45) is 5.41 Å². The topological polar surface area (TPSA) is 41.6 Å². The van der Waals surface area contributed by atoms with Crippen LogP contribution in [0.3, 0.4) is 0 Å². The van der Waals surface area contributed by atoms with Crippen molar-refractivity contribution in [3.8, 4) is 0 Å². The number of anilines is 1.